The van der Waals surface area contributed by atoms with Crippen LogP contribution in [0.3, 0.4) is 0 Å². The highest BCUT2D eigenvalue weighted by Gasteiger charge is 2.21. The Hall–Kier alpha value is -1.62. The van der Waals surface area contributed by atoms with E-state index < -0.39 is 0 Å². The van der Waals surface area contributed by atoms with Crippen LogP contribution < -0.4 is 5.32 Å². The molecule has 1 N–H and O–H groups in total. The standard InChI is InChI=1S/C16H25N3O2/c1-3-10-17-15-9-8-13(11-16(15)19(20)21)12-18(2)14-6-4-5-7-14/h8-9,11,14,17H,3-7,10,12H2,1-2H3. The highest BCUT2D eigenvalue weighted by Crippen LogP contribution is 2.28. The molecule has 1 aliphatic carbocycles. The van der Waals surface area contributed by atoms with Crippen molar-refractivity contribution in [2.45, 2.75) is 51.6 Å². The van der Waals surface area contributed by atoms with Gasteiger partial charge in [-0.15, -0.1) is 0 Å². The van der Waals surface area contributed by atoms with Crippen molar-refractivity contribution in [2.75, 3.05) is 18.9 Å². The summed E-state index contributed by atoms with van der Waals surface area (Å²) in [7, 11) is 2.12. The zero-order valence-corrected chi connectivity index (χ0v) is 13.0. The fraction of sp³-hybridized carbons (Fsp3) is 0.625. The van der Waals surface area contributed by atoms with Crippen LogP contribution in [-0.4, -0.2) is 29.5 Å². The monoisotopic (exact) mass is 291 g/mol. The second-order valence-corrected chi connectivity index (χ2v) is 5.89. The first kappa shape index (κ1) is 15.8. The van der Waals surface area contributed by atoms with Crippen molar-refractivity contribution in [1.29, 1.82) is 0 Å². The van der Waals surface area contributed by atoms with Gasteiger partial charge in [-0.3, -0.25) is 15.0 Å². The third-order valence-corrected chi connectivity index (χ3v) is 4.20. The molecule has 0 heterocycles. The van der Waals surface area contributed by atoms with Crippen molar-refractivity contribution in [2.24, 2.45) is 0 Å². The first-order valence-corrected chi connectivity index (χ1v) is 7.83. The van der Waals surface area contributed by atoms with Crippen molar-refractivity contribution >= 4 is 11.4 Å². The van der Waals surface area contributed by atoms with Crippen LogP contribution in [0.5, 0.6) is 0 Å². The van der Waals surface area contributed by atoms with Crippen LogP contribution in [0.4, 0.5) is 11.4 Å². The molecular weight excluding hydrogens is 266 g/mol. The highest BCUT2D eigenvalue weighted by molar-refractivity contribution is 5.62. The Kier molecular flexibility index (Phi) is 5.56. The summed E-state index contributed by atoms with van der Waals surface area (Å²) in [5.41, 5.74) is 1.81. The molecule has 1 aromatic carbocycles. The molecule has 0 spiro atoms. The van der Waals surface area contributed by atoms with Crippen LogP contribution in [0.2, 0.25) is 0 Å². The summed E-state index contributed by atoms with van der Waals surface area (Å²) in [6, 6.07) is 6.17. The third-order valence-electron chi connectivity index (χ3n) is 4.20. The summed E-state index contributed by atoms with van der Waals surface area (Å²) in [5.74, 6) is 0. The first-order valence-electron chi connectivity index (χ1n) is 7.83. The van der Waals surface area contributed by atoms with E-state index in [1.807, 2.05) is 19.1 Å². The molecule has 0 atom stereocenters. The van der Waals surface area contributed by atoms with Crippen molar-refractivity contribution in [3.05, 3.63) is 33.9 Å². The molecule has 116 valence electrons. The fourth-order valence-electron chi connectivity index (χ4n) is 3.00. The van der Waals surface area contributed by atoms with Crippen molar-refractivity contribution < 1.29 is 4.92 Å². The molecule has 0 amide bonds. The molecule has 0 bridgehead atoms. The highest BCUT2D eigenvalue weighted by atomic mass is 16.6. The van der Waals surface area contributed by atoms with Gasteiger partial charge < -0.3 is 5.32 Å². The fourth-order valence-corrected chi connectivity index (χ4v) is 3.00. The van der Waals surface area contributed by atoms with Gasteiger partial charge in [-0.2, -0.15) is 0 Å². The zero-order chi connectivity index (χ0) is 15.2. The van der Waals surface area contributed by atoms with E-state index in [0.29, 0.717) is 11.7 Å². The van der Waals surface area contributed by atoms with Crippen molar-refractivity contribution in [3.8, 4) is 0 Å². The molecule has 2 rings (SSSR count). The van der Waals surface area contributed by atoms with Crippen molar-refractivity contribution in [3.63, 3.8) is 0 Å². The van der Waals surface area contributed by atoms with E-state index in [2.05, 4.69) is 17.3 Å². The number of hydrogen-bond donors (Lipinski definition) is 1. The molecular formula is C16H25N3O2. The van der Waals surface area contributed by atoms with Gasteiger partial charge >= 0.3 is 0 Å². The lowest BCUT2D eigenvalue weighted by atomic mass is 10.1. The SMILES string of the molecule is CCCNc1ccc(CN(C)C2CCCC2)cc1[N+](=O)[O-]. The number of benzene rings is 1. The summed E-state index contributed by atoms with van der Waals surface area (Å²) in [4.78, 5) is 13.3. The van der Waals surface area contributed by atoms with Gasteiger partial charge in [0.25, 0.3) is 5.69 Å². The lowest BCUT2D eigenvalue weighted by Crippen LogP contribution is -2.28. The van der Waals surface area contributed by atoms with Crippen LogP contribution >= 0.6 is 0 Å². The Morgan fingerprint density at radius 1 is 1.38 bits per heavy atom. The molecule has 1 aliphatic rings. The van der Waals surface area contributed by atoms with Gasteiger partial charge in [-0.25, -0.2) is 0 Å². The van der Waals surface area contributed by atoms with Gasteiger partial charge in [0.2, 0.25) is 0 Å². The Bertz CT molecular complexity index is 484. The Morgan fingerprint density at radius 3 is 2.71 bits per heavy atom. The molecule has 0 aromatic heterocycles. The quantitative estimate of drug-likeness (QED) is 0.613. The second-order valence-electron chi connectivity index (χ2n) is 5.89. The van der Waals surface area contributed by atoms with Gasteiger partial charge in [0, 0.05) is 25.2 Å². The van der Waals surface area contributed by atoms with Gasteiger partial charge in [-0.05, 0) is 37.9 Å². The summed E-state index contributed by atoms with van der Waals surface area (Å²) in [6.07, 6.45) is 6.04. The third kappa shape index (κ3) is 4.17. The predicted octanol–water partition coefficient (Wildman–Crippen LogP) is 3.79. The number of nitrogens with zero attached hydrogens (tertiary/aromatic N) is 2. The molecule has 0 saturated heterocycles. The number of rotatable bonds is 7. The molecule has 21 heavy (non-hydrogen) atoms. The maximum Gasteiger partial charge on any atom is 0.292 e. The smallest absolute Gasteiger partial charge is 0.292 e. The molecule has 0 aliphatic heterocycles. The van der Waals surface area contributed by atoms with E-state index in [1.54, 1.807) is 6.07 Å². The van der Waals surface area contributed by atoms with Crippen LogP contribution in [0.15, 0.2) is 18.2 Å². The van der Waals surface area contributed by atoms with Crippen LogP contribution in [-0.2, 0) is 6.54 Å². The van der Waals surface area contributed by atoms with E-state index in [4.69, 9.17) is 0 Å². The number of anilines is 1. The Labute approximate surface area is 126 Å². The lowest BCUT2D eigenvalue weighted by molar-refractivity contribution is -0.384. The van der Waals surface area contributed by atoms with Crippen LogP contribution in [0.1, 0.15) is 44.6 Å². The normalized spacial score (nSPS) is 15.6. The van der Waals surface area contributed by atoms with Gasteiger partial charge in [0.15, 0.2) is 0 Å². The Balaban J connectivity index is 2.09. The van der Waals surface area contributed by atoms with Crippen molar-refractivity contribution in [1.82, 2.24) is 4.90 Å². The summed E-state index contributed by atoms with van der Waals surface area (Å²) in [5, 5.41) is 14.4. The zero-order valence-electron chi connectivity index (χ0n) is 13.0. The average Bonchev–Trinajstić information content (AvgIpc) is 3.00. The van der Waals surface area contributed by atoms with E-state index in [1.165, 1.54) is 25.7 Å². The summed E-state index contributed by atoms with van der Waals surface area (Å²) in [6.45, 7) is 3.57. The maximum absolute atomic E-state index is 11.2. The summed E-state index contributed by atoms with van der Waals surface area (Å²) < 4.78 is 0. The number of nitro groups is 1. The minimum atomic E-state index is -0.295. The van der Waals surface area contributed by atoms with Gasteiger partial charge in [0.1, 0.15) is 5.69 Å². The number of hydrogen-bond acceptors (Lipinski definition) is 4. The average molecular weight is 291 g/mol. The predicted molar refractivity (Wildman–Crippen MR) is 85.6 cm³/mol. The maximum atomic E-state index is 11.2. The minimum absolute atomic E-state index is 0.181. The Morgan fingerprint density at radius 2 is 2.10 bits per heavy atom. The second kappa shape index (κ2) is 7.41. The topological polar surface area (TPSA) is 58.4 Å². The largest absolute Gasteiger partial charge is 0.380 e. The van der Waals surface area contributed by atoms with Crippen LogP contribution in [0.25, 0.3) is 0 Å². The number of nitrogens with one attached hydrogen (secondary N) is 1. The lowest BCUT2D eigenvalue weighted by Gasteiger charge is -2.24. The minimum Gasteiger partial charge on any atom is -0.380 e. The molecule has 0 radical (unpaired) electrons. The summed E-state index contributed by atoms with van der Waals surface area (Å²) >= 11 is 0. The molecule has 5 heteroatoms. The van der Waals surface area contributed by atoms with E-state index >= 15 is 0 Å². The molecule has 1 saturated carbocycles. The number of nitro benzene ring substituents is 1. The van der Waals surface area contributed by atoms with E-state index in [9.17, 15) is 10.1 Å². The van der Waals surface area contributed by atoms with Crippen LogP contribution in [0, 0.1) is 10.1 Å². The molecule has 1 aromatic rings. The molecule has 0 unspecified atom stereocenters. The van der Waals surface area contributed by atoms with Gasteiger partial charge in [-0.1, -0.05) is 25.8 Å². The molecule has 5 nitrogen and oxygen atoms in total. The van der Waals surface area contributed by atoms with E-state index in [0.717, 1.165) is 25.1 Å². The van der Waals surface area contributed by atoms with Gasteiger partial charge in [0.05, 0.1) is 4.92 Å². The molecule has 1 fully saturated rings. The van der Waals surface area contributed by atoms with E-state index in [-0.39, 0.29) is 10.6 Å². The first-order chi connectivity index (χ1) is 10.1.